The average Bonchev–Trinajstić information content (AvgIpc) is 2.62. The third-order valence-corrected chi connectivity index (χ3v) is 2.96. The van der Waals surface area contributed by atoms with E-state index in [9.17, 15) is 10.2 Å². The minimum Gasteiger partial charge on any atom is -0.389 e. The van der Waals surface area contributed by atoms with Gasteiger partial charge in [0.15, 0.2) is 0 Å². The molecule has 17 heavy (non-hydrogen) atoms. The maximum Gasteiger partial charge on any atom is 0.137 e. The number of β-amino-alcohol motifs (C(OH)–C–C–N with tert-alkyl or cyclic N) is 2. The Bertz CT molecular complexity index is 389. The SMILES string of the molecule is CCNc1ncnc(N2CC(O)C(O)C2)c1C. The summed E-state index contributed by atoms with van der Waals surface area (Å²) in [5.41, 5.74) is 0.940. The Morgan fingerprint density at radius 1 is 1.35 bits per heavy atom. The first-order chi connectivity index (χ1) is 8.13. The van der Waals surface area contributed by atoms with Crippen LogP contribution in [0.3, 0.4) is 0 Å². The van der Waals surface area contributed by atoms with Crippen molar-refractivity contribution < 1.29 is 10.2 Å². The minimum atomic E-state index is -0.702. The first-order valence-corrected chi connectivity index (χ1v) is 5.80. The molecular formula is C11H18N4O2. The zero-order valence-electron chi connectivity index (χ0n) is 10.1. The number of nitrogens with one attached hydrogen (secondary N) is 1. The van der Waals surface area contributed by atoms with Gasteiger partial charge in [-0.3, -0.25) is 0 Å². The largest absolute Gasteiger partial charge is 0.389 e. The van der Waals surface area contributed by atoms with Gasteiger partial charge >= 0.3 is 0 Å². The molecule has 0 aromatic carbocycles. The molecule has 2 atom stereocenters. The molecule has 2 rings (SSSR count). The number of rotatable bonds is 3. The van der Waals surface area contributed by atoms with Gasteiger partial charge in [-0.2, -0.15) is 0 Å². The van der Waals surface area contributed by atoms with E-state index in [2.05, 4.69) is 15.3 Å². The highest BCUT2D eigenvalue weighted by atomic mass is 16.3. The predicted molar refractivity (Wildman–Crippen MR) is 65.2 cm³/mol. The number of hydrogen-bond donors (Lipinski definition) is 3. The van der Waals surface area contributed by atoms with E-state index in [0.717, 1.165) is 23.7 Å². The van der Waals surface area contributed by atoms with Gasteiger partial charge in [-0.15, -0.1) is 0 Å². The van der Waals surface area contributed by atoms with Crippen molar-refractivity contribution in [2.24, 2.45) is 0 Å². The zero-order chi connectivity index (χ0) is 12.4. The predicted octanol–water partition coefficient (Wildman–Crippen LogP) is -0.241. The molecule has 94 valence electrons. The van der Waals surface area contributed by atoms with Crippen molar-refractivity contribution in [1.82, 2.24) is 9.97 Å². The second-order valence-electron chi connectivity index (χ2n) is 4.24. The first-order valence-electron chi connectivity index (χ1n) is 5.80. The molecule has 1 aliphatic heterocycles. The molecular weight excluding hydrogens is 220 g/mol. The summed E-state index contributed by atoms with van der Waals surface area (Å²) in [6.07, 6.45) is 0.0936. The Kier molecular flexibility index (Phi) is 3.44. The number of hydrogen-bond acceptors (Lipinski definition) is 6. The molecule has 0 bridgehead atoms. The first kappa shape index (κ1) is 12.1. The van der Waals surface area contributed by atoms with Crippen LogP contribution in [0, 0.1) is 6.92 Å². The van der Waals surface area contributed by atoms with Gasteiger partial charge in [-0.05, 0) is 13.8 Å². The summed E-state index contributed by atoms with van der Waals surface area (Å²) >= 11 is 0. The molecule has 0 saturated carbocycles. The number of aromatic nitrogens is 2. The molecule has 1 aliphatic rings. The van der Waals surface area contributed by atoms with E-state index in [1.165, 1.54) is 6.33 Å². The van der Waals surface area contributed by atoms with Gasteiger partial charge in [0.05, 0.1) is 12.2 Å². The lowest BCUT2D eigenvalue weighted by Crippen LogP contribution is -2.23. The summed E-state index contributed by atoms with van der Waals surface area (Å²) < 4.78 is 0. The van der Waals surface area contributed by atoms with E-state index < -0.39 is 12.2 Å². The monoisotopic (exact) mass is 238 g/mol. The van der Waals surface area contributed by atoms with Crippen LogP contribution in [0.4, 0.5) is 11.6 Å². The van der Waals surface area contributed by atoms with Crippen molar-refractivity contribution in [2.75, 3.05) is 29.9 Å². The molecule has 2 heterocycles. The maximum absolute atomic E-state index is 9.54. The zero-order valence-corrected chi connectivity index (χ0v) is 10.1. The fourth-order valence-corrected chi connectivity index (χ4v) is 2.05. The van der Waals surface area contributed by atoms with Crippen molar-refractivity contribution in [1.29, 1.82) is 0 Å². The number of nitrogens with zero attached hydrogens (tertiary/aromatic N) is 3. The quantitative estimate of drug-likeness (QED) is 0.674. The van der Waals surface area contributed by atoms with E-state index in [4.69, 9.17) is 0 Å². The van der Waals surface area contributed by atoms with Crippen LogP contribution in [0.15, 0.2) is 6.33 Å². The van der Waals surface area contributed by atoms with Crippen molar-refractivity contribution >= 4 is 11.6 Å². The molecule has 0 aliphatic carbocycles. The summed E-state index contributed by atoms with van der Waals surface area (Å²) in [5, 5.41) is 22.2. The van der Waals surface area contributed by atoms with Crippen LogP contribution < -0.4 is 10.2 Å². The van der Waals surface area contributed by atoms with E-state index in [1.54, 1.807) is 0 Å². The summed E-state index contributed by atoms with van der Waals surface area (Å²) in [7, 11) is 0. The number of aliphatic hydroxyl groups excluding tert-OH is 2. The fourth-order valence-electron chi connectivity index (χ4n) is 2.05. The smallest absolute Gasteiger partial charge is 0.137 e. The van der Waals surface area contributed by atoms with Crippen molar-refractivity contribution in [3.63, 3.8) is 0 Å². The lowest BCUT2D eigenvalue weighted by Gasteiger charge is -2.19. The normalized spacial score (nSPS) is 24.1. The lowest BCUT2D eigenvalue weighted by atomic mass is 10.3. The van der Waals surface area contributed by atoms with Crippen LogP contribution in [0.2, 0.25) is 0 Å². The van der Waals surface area contributed by atoms with Crippen molar-refractivity contribution in [3.05, 3.63) is 11.9 Å². The summed E-state index contributed by atoms with van der Waals surface area (Å²) in [6, 6.07) is 0. The van der Waals surface area contributed by atoms with Crippen LogP contribution in [0.1, 0.15) is 12.5 Å². The maximum atomic E-state index is 9.54. The second-order valence-corrected chi connectivity index (χ2v) is 4.24. The van der Waals surface area contributed by atoms with Gasteiger partial charge < -0.3 is 20.4 Å². The van der Waals surface area contributed by atoms with E-state index in [1.807, 2.05) is 18.7 Å². The molecule has 0 radical (unpaired) electrons. The third-order valence-electron chi connectivity index (χ3n) is 2.96. The Labute approximate surface area is 100 Å². The number of aliphatic hydroxyl groups is 2. The van der Waals surface area contributed by atoms with Gasteiger partial charge in [0, 0.05) is 25.2 Å². The molecule has 1 aromatic rings. The summed E-state index contributed by atoms with van der Waals surface area (Å²) in [5.74, 6) is 1.57. The van der Waals surface area contributed by atoms with Crippen molar-refractivity contribution in [3.8, 4) is 0 Å². The highest BCUT2D eigenvalue weighted by Crippen LogP contribution is 2.25. The molecule has 1 saturated heterocycles. The Morgan fingerprint density at radius 3 is 2.59 bits per heavy atom. The minimum absolute atomic E-state index is 0.407. The summed E-state index contributed by atoms with van der Waals surface area (Å²) in [6.45, 7) is 5.55. The molecule has 0 amide bonds. The second kappa shape index (κ2) is 4.85. The molecule has 1 fully saturated rings. The molecule has 6 nitrogen and oxygen atoms in total. The molecule has 6 heteroatoms. The van der Waals surface area contributed by atoms with Gasteiger partial charge in [0.1, 0.15) is 18.0 Å². The van der Waals surface area contributed by atoms with Crippen LogP contribution >= 0.6 is 0 Å². The third kappa shape index (κ3) is 2.32. The van der Waals surface area contributed by atoms with Crippen LogP contribution in [0.5, 0.6) is 0 Å². The average molecular weight is 238 g/mol. The van der Waals surface area contributed by atoms with Gasteiger partial charge in [0.2, 0.25) is 0 Å². The fraction of sp³-hybridized carbons (Fsp3) is 0.636. The number of anilines is 2. The van der Waals surface area contributed by atoms with Crippen LogP contribution in [-0.4, -0.2) is 52.0 Å². The van der Waals surface area contributed by atoms with E-state index in [-0.39, 0.29) is 0 Å². The lowest BCUT2D eigenvalue weighted by molar-refractivity contribution is 0.0572. The topological polar surface area (TPSA) is 81.5 Å². The molecule has 2 unspecified atom stereocenters. The van der Waals surface area contributed by atoms with E-state index in [0.29, 0.717) is 13.1 Å². The Hall–Kier alpha value is -1.40. The van der Waals surface area contributed by atoms with Crippen LogP contribution in [0.25, 0.3) is 0 Å². The van der Waals surface area contributed by atoms with Gasteiger partial charge in [0.25, 0.3) is 0 Å². The highest BCUT2D eigenvalue weighted by Gasteiger charge is 2.31. The molecule has 1 aromatic heterocycles. The molecule has 3 N–H and O–H groups in total. The van der Waals surface area contributed by atoms with Crippen LogP contribution in [-0.2, 0) is 0 Å². The van der Waals surface area contributed by atoms with Gasteiger partial charge in [-0.25, -0.2) is 9.97 Å². The van der Waals surface area contributed by atoms with E-state index >= 15 is 0 Å². The molecule has 0 spiro atoms. The Morgan fingerprint density at radius 2 is 2.00 bits per heavy atom. The standard InChI is InChI=1S/C11H18N4O2/c1-3-12-10-7(2)11(14-6-13-10)15-4-8(16)9(17)5-15/h6,8-9,16-17H,3-5H2,1-2H3,(H,12,13,14). The van der Waals surface area contributed by atoms with Crippen molar-refractivity contribution in [2.45, 2.75) is 26.1 Å². The summed E-state index contributed by atoms with van der Waals surface area (Å²) in [4.78, 5) is 10.3. The van der Waals surface area contributed by atoms with Gasteiger partial charge in [-0.1, -0.05) is 0 Å². The highest BCUT2D eigenvalue weighted by molar-refractivity contribution is 5.58. The Balaban J connectivity index is 2.24.